The molecule has 4 heteroatoms. The highest BCUT2D eigenvalue weighted by Crippen LogP contribution is 2.41. The third-order valence-corrected chi connectivity index (χ3v) is 3.99. The number of nitrogens with zero attached hydrogens (tertiary/aromatic N) is 1. The van der Waals surface area contributed by atoms with E-state index in [0.717, 1.165) is 37.2 Å². The molecule has 1 aromatic heterocycles. The Morgan fingerprint density at radius 2 is 2.22 bits per heavy atom. The van der Waals surface area contributed by atoms with E-state index < -0.39 is 0 Å². The molecule has 0 aromatic carbocycles. The number of aryl methyl sites for hydroxylation is 1. The number of nitrogens with two attached hydrogens (primary N) is 1. The number of carbonyl (C=O) groups excluding carboxylic acids is 1. The maximum Gasteiger partial charge on any atom is 0.229 e. The third kappa shape index (κ3) is 2.43. The van der Waals surface area contributed by atoms with Gasteiger partial charge in [-0.1, -0.05) is 6.42 Å². The van der Waals surface area contributed by atoms with Crippen molar-refractivity contribution in [2.75, 3.05) is 20.1 Å². The smallest absolute Gasteiger partial charge is 0.229 e. The van der Waals surface area contributed by atoms with Gasteiger partial charge in [0.1, 0.15) is 11.5 Å². The average molecular weight is 250 g/mol. The highest BCUT2D eigenvalue weighted by molar-refractivity contribution is 5.83. The van der Waals surface area contributed by atoms with Crippen LogP contribution in [-0.4, -0.2) is 30.9 Å². The average Bonchev–Trinajstić information content (AvgIpc) is 2.71. The lowest BCUT2D eigenvalue weighted by molar-refractivity contribution is -0.145. The van der Waals surface area contributed by atoms with E-state index in [9.17, 15) is 4.79 Å². The van der Waals surface area contributed by atoms with Crippen LogP contribution in [0.1, 0.15) is 30.8 Å². The summed E-state index contributed by atoms with van der Waals surface area (Å²) in [6.07, 6.45) is 3.75. The summed E-state index contributed by atoms with van der Waals surface area (Å²) in [4.78, 5) is 14.1. The molecule has 0 unspecified atom stereocenters. The summed E-state index contributed by atoms with van der Waals surface area (Å²) >= 11 is 0. The Kier molecular flexibility index (Phi) is 3.76. The molecule has 1 aliphatic rings. The summed E-state index contributed by atoms with van der Waals surface area (Å²) in [6.45, 7) is 3.08. The zero-order valence-electron chi connectivity index (χ0n) is 11.2. The molecule has 0 aliphatic heterocycles. The predicted octanol–water partition coefficient (Wildman–Crippen LogP) is 1.72. The Balaban J connectivity index is 1.87. The summed E-state index contributed by atoms with van der Waals surface area (Å²) in [5.41, 5.74) is 5.48. The van der Waals surface area contributed by atoms with Crippen molar-refractivity contribution in [1.29, 1.82) is 0 Å². The Hall–Kier alpha value is -1.29. The molecule has 1 heterocycles. The zero-order chi connectivity index (χ0) is 13.2. The molecule has 0 spiro atoms. The normalized spacial score (nSPS) is 17.3. The number of hydrogen-bond donors (Lipinski definition) is 1. The van der Waals surface area contributed by atoms with Crippen LogP contribution in [0.15, 0.2) is 16.5 Å². The van der Waals surface area contributed by atoms with E-state index in [0.29, 0.717) is 13.1 Å². The molecular formula is C14H22N2O2. The number of hydrogen-bond acceptors (Lipinski definition) is 3. The minimum Gasteiger partial charge on any atom is -0.466 e. The van der Waals surface area contributed by atoms with Gasteiger partial charge in [0, 0.05) is 26.6 Å². The van der Waals surface area contributed by atoms with Crippen LogP contribution in [0.2, 0.25) is 0 Å². The van der Waals surface area contributed by atoms with Gasteiger partial charge in [0.25, 0.3) is 0 Å². The summed E-state index contributed by atoms with van der Waals surface area (Å²) in [7, 11) is 1.86. The second-order valence-corrected chi connectivity index (χ2v) is 5.33. The molecule has 2 rings (SSSR count). The molecular weight excluding hydrogens is 228 g/mol. The number of furan rings is 1. The fourth-order valence-corrected chi connectivity index (χ4v) is 2.51. The van der Waals surface area contributed by atoms with Gasteiger partial charge in [-0.25, -0.2) is 0 Å². The minimum absolute atomic E-state index is 0.194. The molecule has 2 N–H and O–H groups in total. The second-order valence-electron chi connectivity index (χ2n) is 5.33. The van der Waals surface area contributed by atoms with Gasteiger partial charge in [0.05, 0.1) is 5.41 Å². The molecule has 1 amide bonds. The van der Waals surface area contributed by atoms with Gasteiger partial charge in [-0.15, -0.1) is 0 Å². The highest BCUT2D eigenvalue weighted by Gasteiger charge is 2.44. The first-order valence-electron chi connectivity index (χ1n) is 6.58. The maximum atomic E-state index is 12.3. The Bertz CT molecular complexity index is 416. The van der Waals surface area contributed by atoms with Gasteiger partial charge < -0.3 is 15.1 Å². The van der Waals surface area contributed by atoms with Crippen molar-refractivity contribution < 1.29 is 9.21 Å². The topological polar surface area (TPSA) is 59.5 Å². The Morgan fingerprint density at radius 3 is 2.67 bits per heavy atom. The van der Waals surface area contributed by atoms with Gasteiger partial charge in [-0.2, -0.15) is 0 Å². The van der Waals surface area contributed by atoms with Crippen molar-refractivity contribution in [3.63, 3.8) is 0 Å². The molecule has 0 bridgehead atoms. The monoisotopic (exact) mass is 250 g/mol. The summed E-state index contributed by atoms with van der Waals surface area (Å²) in [6, 6.07) is 3.92. The molecule has 1 aromatic rings. The van der Waals surface area contributed by atoms with E-state index >= 15 is 0 Å². The van der Waals surface area contributed by atoms with E-state index in [1.165, 1.54) is 0 Å². The Labute approximate surface area is 108 Å². The van der Waals surface area contributed by atoms with Crippen LogP contribution in [0, 0.1) is 12.3 Å². The molecule has 0 atom stereocenters. The van der Waals surface area contributed by atoms with Gasteiger partial charge in [-0.05, 0) is 31.9 Å². The van der Waals surface area contributed by atoms with E-state index in [4.69, 9.17) is 10.2 Å². The van der Waals surface area contributed by atoms with E-state index in [1.54, 1.807) is 4.90 Å². The van der Waals surface area contributed by atoms with Gasteiger partial charge in [0.2, 0.25) is 5.91 Å². The number of likely N-dealkylation sites (N-methyl/N-ethyl adjacent to an activating group) is 1. The Morgan fingerprint density at radius 1 is 1.50 bits per heavy atom. The largest absolute Gasteiger partial charge is 0.466 e. The van der Waals surface area contributed by atoms with Crippen molar-refractivity contribution in [2.45, 2.75) is 32.6 Å². The van der Waals surface area contributed by atoms with Gasteiger partial charge >= 0.3 is 0 Å². The summed E-state index contributed by atoms with van der Waals surface area (Å²) in [5, 5.41) is 0. The quantitative estimate of drug-likeness (QED) is 0.865. The third-order valence-electron chi connectivity index (χ3n) is 3.99. The van der Waals surface area contributed by atoms with Crippen LogP contribution in [-0.2, 0) is 11.2 Å². The molecule has 0 saturated heterocycles. The number of carbonyl (C=O) groups is 1. The fraction of sp³-hybridized carbons (Fsp3) is 0.643. The second kappa shape index (κ2) is 5.14. The highest BCUT2D eigenvalue weighted by atomic mass is 16.3. The summed E-state index contributed by atoms with van der Waals surface area (Å²) < 4.78 is 5.50. The first-order chi connectivity index (χ1) is 8.57. The van der Waals surface area contributed by atoms with Crippen LogP contribution in [0.25, 0.3) is 0 Å². The van der Waals surface area contributed by atoms with E-state index in [2.05, 4.69) is 0 Å². The summed E-state index contributed by atoms with van der Waals surface area (Å²) in [5.74, 6) is 2.04. The van der Waals surface area contributed by atoms with Crippen molar-refractivity contribution in [1.82, 2.24) is 4.90 Å². The van der Waals surface area contributed by atoms with Crippen LogP contribution < -0.4 is 5.73 Å². The van der Waals surface area contributed by atoms with Crippen molar-refractivity contribution in [3.8, 4) is 0 Å². The SMILES string of the molecule is Cc1ccc(CCN(C)C(=O)C2(CN)CCC2)o1. The maximum absolute atomic E-state index is 12.3. The minimum atomic E-state index is -0.270. The molecule has 1 saturated carbocycles. The van der Waals surface area contributed by atoms with Crippen LogP contribution >= 0.6 is 0 Å². The molecule has 1 fully saturated rings. The predicted molar refractivity (Wildman–Crippen MR) is 70.1 cm³/mol. The lowest BCUT2D eigenvalue weighted by Crippen LogP contribution is -2.51. The fourth-order valence-electron chi connectivity index (χ4n) is 2.51. The molecule has 1 aliphatic carbocycles. The van der Waals surface area contributed by atoms with Crippen LogP contribution in [0.4, 0.5) is 0 Å². The van der Waals surface area contributed by atoms with Crippen LogP contribution in [0.5, 0.6) is 0 Å². The number of rotatable bonds is 5. The molecule has 0 radical (unpaired) electrons. The molecule has 4 nitrogen and oxygen atoms in total. The standard InChI is InChI=1S/C14H22N2O2/c1-11-4-5-12(18-11)6-9-16(2)13(17)14(10-15)7-3-8-14/h4-5H,3,6-10,15H2,1-2H3. The van der Waals surface area contributed by atoms with E-state index in [1.807, 2.05) is 26.1 Å². The lowest BCUT2D eigenvalue weighted by atomic mass is 9.68. The van der Waals surface area contributed by atoms with E-state index in [-0.39, 0.29) is 11.3 Å². The van der Waals surface area contributed by atoms with Crippen molar-refractivity contribution in [3.05, 3.63) is 23.7 Å². The first kappa shape index (κ1) is 13.1. The van der Waals surface area contributed by atoms with Crippen molar-refractivity contribution >= 4 is 5.91 Å². The van der Waals surface area contributed by atoms with Gasteiger partial charge in [0.15, 0.2) is 0 Å². The molecule has 100 valence electrons. The first-order valence-corrected chi connectivity index (χ1v) is 6.58. The molecule has 18 heavy (non-hydrogen) atoms. The van der Waals surface area contributed by atoms with Crippen LogP contribution in [0.3, 0.4) is 0 Å². The zero-order valence-corrected chi connectivity index (χ0v) is 11.2. The van der Waals surface area contributed by atoms with Crippen molar-refractivity contribution in [2.24, 2.45) is 11.1 Å². The number of amides is 1. The van der Waals surface area contributed by atoms with Gasteiger partial charge in [-0.3, -0.25) is 4.79 Å². The lowest BCUT2D eigenvalue weighted by Gasteiger charge is -2.41.